The van der Waals surface area contributed by atoms with Gasteiger partial charge in [0.1, 0.15) is 11.9 Å². The Morgan fingerprint density at radius 1 is 1.17 bits per heavy atom. The number of benzene rings is 1. The van der Waals surface area contributed by atoms with Crippen LogP contribution in [0.4, 0.5) is 0 Å². The number of rotatable bonds is 4. The first-order chi connectivity index (χ1) is 8.67. The molecule has 1 aliphatic carbocycles. The molecule has 0 saturated heterocycles. The number of hydrogen-bond donors (Lipinski definition) is 0. The number of hydrogen-bond acceptors (Lipinski definition) is 3. The predicted molar refractivity (Wildman–Crippen MR) is 70.5 cm³/mol. The van der Waals surface area contributed by atoms with E-state index in [1.807, 2.05) is 0 Å². The third-order valence-electron chi connectivity index (χ3n) is 3.59. The molecular weight excluding hydrogens is 228 g/mol. The number of ether oxygens (including phenoxy) is 2. The normalized spacial score (nSPS) is 18.1. The summed E-state index contributed by atoms with van der Waals surface area (Å²) in [6.07, 6.45) is 6.63. The SMILES string of the molecule is COc1ccc(C=O)cc1OC1(C)CCCCC1. The molecule has 3 nitrogen and oxygen atoms in total. The monoisotopic (exact) mass is 248 g/mol. The second-order valence-electron chi connectivity index (χ2n) is 5.14. The van der Waals surface area contributed by atoms with Crippen molar-refractivity contribution in [2.75, 3.05) is 7.11 Å². The summed E-state index contributed by atoms with van der Waals surface area (Å²) in [5, 5.41) is 0. The van der Waals surface area contributed by atoms with Gasteiger partial charge in [0.2, 0.25) is 0 Å². The van der Waals surface area contributed by atoms with Gasteiger partial charge in [-0.3, -0.25) is 4.79 Å². The van der Waals surface area contributed by atoms with Crippen molar-refractivity contribution in [2.45, 2.75) is 44.6 Å². The average molecular weight is 248 g/mol. The molecular formula is C15H20O3. The van der Waals surface area contributed by atoms with E-state index >= 15 is 0 Å². The van der Waals surface area contributed by atoms with Gasteiger partial charge in [0, 0.05) is 5.56 Å². The summed E-state index contributed by atoms with van der Waals surface area (Å²) in [5.41, 5.74) is 0.484. The minimum Gasteiger partial charge on any atom is -0.493 e. The molecule has 0 amide bonds. The van der Waals surface area contributed by atoms with Crippen LogP contribution in [-0.2, 0) is 0 Å². The van der Waals surface area contributed by atoms with Gasteiger partial charge in [0.15, 0.2) is 11.5 Å². The van der Waals surface area contributed by atoms with Crippen molar-refractivity contribution in [3.05, 3.63) is 23.8 Å². The molecule has 18 heavy (non-hydrogen) atoms. The number of carbonyl (C=O) groups is 1. The molecule has 2 rings (SSSR count). The minimum absolute atomic E-state index is 0.132. The van der Waals surface area contributed by atoms with Crippen LogP contribution in [0.5, 0.6) is 11.5 Å². The maximum atomic E-state index is 10.8. The summed E-state index contributed by atoms with van der Waals surface area (Å²) in [6.45, 7) is 2.14. The zero-order chi connectivity index (χ0) is 13.0. The molecule has 0 aliphatic heterocycles. The number of methoxy groups -OCH3 is 1. The lowest BCUT2D eigenvalue weighted by atomic mass is 9.86. The van der Waals surface area contributed by atoms with Crippen molar-refractivity contribution >= 4 is 6.29 Å². The van der Waals surface area contributed by atoms with Crippen LogP contribution in [-0.4, -0.2) is 19.0 Å². The van der Waals surface area contributed by atoms with E-state index in [9.17, 15) is 4.79 Å². The quantitative estimate of drug-likeness (QED) is 0.763. The van der Waals surface area contributed by atoms with E-state index in [0.717, 1.165) is 19.1 Å². The molecule has 0 N–H and O–H groups in total. The maximum Gasteiger partial charge on any atom is 0.162 e. The van der Waals surface area contributed by atoms with Crippen LogP contribution in [0.1, 0.15) is 49.4 Å². The molecule has 0 bridgehead atoms. The van der Waals surface area contributed by atoms with E-state index in [2.05, 4.69) is 6.92 Å². The van der Waals surface area contributed by atoms with Gasteiger partial charge in [-0.05, 0) is 50.8 Å². The van der Waals surface area contributed by atoms with Crippen LogP contribution in [0.3, 0.4) is 0 Å². The molecule has 1 aromatic carbocycles. The van der Waals surface area contributed by atoms with Crippen LogP contribution >= 0.6 is 0 Å². The van der Waals surface area contributed by atoms with E-state index in [1.165, 1.54) is 19.3 Å². The summed E-state index contributed by atoms with van der Waals surface area (Å²) in [6, 6.07) is 5.28. The maximum absolute atomic E-state index is 10.8. The second kappa shape index (κ2) is 5.42. The molecule has 0 unspecified atom stereocenters. The summed E-state index contributed by atoms with van der Waals surface area (Å²) in [4.78, 5) is 10.8. The minimum atomic E-state index is -0.132. The zero-order valence-corrected chi connectivity index (χ0v) is 11.1. The smallest absolute Gasteiger partial charge is 0.162 e. The van der Waals surface area contributed by atoms with Crippen molar-refractivity contribution in [3.63, 3.8) is 0 Å². The first kappa shape index (κ1) is 12.9. The van der Waals surface area contributed by atoms with Gasteiger partial charge >= 0.3 is 0 Å². The molecule has 1 saturated carbocycles. The van der Waals surface area contributed by atoms with Crippen molar-refractivity contribution in [3.8, 4) is 11.5 Å². The van der Waals surface area contributed by atoms with Gasteiger partial charge in [-0.25, -0.2) is 0 Å². The van der Waals surface area contributed by atoms with E-state index in [0.29, 0.717) is 17.1 Å². The highest BCUT2D eigenvalue weighted by atomic mass is 16.5. The van der Waals surface area contributed by atoms with E-state index in [1.54, 1.807) is 25.3 Å². The lowest BCUT2D eigenvalue weighted by Crippen LogP contribution is -2.34. The van der Waals surface area contributed by atoms with Gasteiger partial charge in [0.25, 0.3) is 0 Å². The highest BCUT2D eigenvalue weighted by Gasteiger charge is 2.29. The summed E-state index contributed by atoms with van der Waals surface area (Å²) in [5.74, 6) is 1.36. The molecule has 0 aromatic heterocycles. The first-order valence-corrected chi connectivity index (χ1v) is 6.49. The molecule has 0 atom stereocenters. The van der Waals surface area contributed by atoms with Gasteiger partial charge in [-0.2, -0.15) is 0 Å². The van der Waals surface area contributed by atoms with Crippen LogP contribution < -0.4 is 9.47 Å². The van der Waals surface area contributed by atoms with Gasteiger partial charge in [0.05, 0.1) is 7.11 Å². The Labute approximate surface area is 108 Å². The predicted octanol–water partition coefficient (Wildman–Crippen LogP) is 3.61. The van der Waals surface area contributed by atoms with Gasteiger partial charge < -0.3 is 9.47 Å². The van der Waals surface area contributed by atoms with E-state index in [-0.39, 0.29) is 5.60 Å². The topological polar surface area (TPSA) is 35.5 Å². The number of carbonyl (C=O) groups excluding carboxylic acids is 1. The largest absolute Gasteiger partial charge is 0.493 e. The summed E-state index contributed by atoms with van der Waals surface area (Å²) < 4.78 is 11.4. The molecule has 3 heteroatoms. The Hall–Kier alpha value is -1.51. The molecule has 1 fully saturated rings. The first-order valence-electron chi connectivity index (χ1n) is 6.49. The Morgan fingerprint density at radius 2 is 1.89 bits per heavy atom. The van der Waals surface area contributed by atoms with Crippen molar-refractivity contribution < 1.29 is 14.3 Å². The number of aldehydes is 1. The van der Waals surface area contributed by atoms with Crippen molar-refractivity contribution in [1.82, 2.24) is 0 Å². The molecule has 0 spiro atoms. The standard InChI is InChI=1S/C15H20O3/c1-15(8-4-3-5-9-15)18-14-10-12(11-16)6-7-13(14)17-2/h6-7,10-11H,3-5,8-9H2,1-2H3. The zero-order valence-electron chi connectivity index (χ0n) is 11.1. The third kappa shape index (κ3) is 2.84. The van der Waals surface area contributed by atoms with Gasteiger partial charge in [-0.1, -0.05) is 6.42 Å². The van der Waals surface area contributed by atoms with Crippen molar-refractivity contribution in [1.29, 1.82) is 0 Å². The van der Waals surface area contributed by atoms with E-state index < -0.39 is 0 Å². The molecule has 98 valence electrons. The Kier molecular flexibility index (Phi) is 3.90. The Bertz CT molecular complexity index is 420. The van der Waals surface area contributed by atoms with E-state index in [4.69, 9.17) is 9.47 Å². The van der Waals surface area contributed by atoms with Crippen molar-refractivity contribution in [2.24, 2.45) is 0 Å². The van der Waals surface area contributed by atoms with Crippen LogP contribution in [0.15, 0.2) is 18.2 Å². The lowest BCUT2D eigenvalue weighted by Gasteiger charge is -2.34. The Morgan fingerprint density at radius 3 is 2.50 bits per heavy atom. The third-order valence-corrected chi connectivity index (χ3v) is 3.59. The Balaban J connectivity index is 2.23. The van der Waals surface area contributed by atoms with Crippen LogP contribution in [0.2, 0.25) is 0 Å². The second-order valence-corrected chi connectivity index (χ2v) is 5.14. The van der Waals surface area contributed by atoms with Gasteiger partial charge in [-0.15, -0.1) is 0 Å². The summed E-state index contributed by atoms with van der Waals surface area (Å²) in [7, 11) is 1.62. The van der Waals surface area contributed by atoms with Crippen LogP contribution in [0.25, 0.3) is 0 Å². The van der Waals surface area contributed by atoms with Crippen LogP contribution in [0, 0.1) is 0 Å². The summed E-state index contributed by atoms with van der Waals surface area (Å²) >= 11 is 0. The molecule has 1 aromatic rings. The highest BCUT2D eigenvalue weighted by molar-refractivity contribution is 5.76. The molecule has 0 radical (unpaired) electrons. The molecule has 0 heterocycles. The fraction of sp³-hybridized carbons (Fsp3) is 0.533. The fourth-order valence-electron chi connectivity index (χ4n) is 2.51. The fourth-order valence-corrected chi connectivity index (χ4v) is 2.51. The molecule has 1 aliphatic rings. The highest BCUT2D eigenvalue weighted by Crippen LogP contribution is 2.37. The average Bonchev–Trinajstić information content (AvgIpc) is 2.39. The lowest BCUT2D eigenvalue weighted by molar-refractivity contribution is 0.0459.